The Hall–Kier alpha value is -1.07. The number of hydrogen-bond acceptors (Lipinski definition) is 4. The molecule has 0 aromatic heterocycles. The van der Waals surface area contributed by atoms with Gasteiger partial charge in [0.1, 0.15) is 0 Å². The fourth-order valence-electron chi connectivity index (χ4n) is 3.11. The van der Waals surface area contributed by atoms with E-state index < -0.39 is 9.84 Å². The molecule has 1 saturated heterocycles. The summed E-state index contributed by atoms with van der Waals surface area (Å²) < 4.78 is 24.2. The molecule has 0 spiro atoms. The first-order valence-corrected chi connectivity index (χ1v) is 10.2. The fourth-order valence-corrected chi connectivity index (χ4v) is 4.08. The lowest BCUT2D eigenvalue weighted by molar-refractivity contribution is 0.145. The topological polar surface area (TPSA) is 49.4 Å². The Morgan fingerprint density at radius 1 is 1.30 bits per heavy atom. The molecular weight excluding hydrogens is 308 g/mol. The van der Waals surface area contributed by atoms with Crippen molar-refractivity contribution in [3.05, 3.63) is 29.8 Å². The molecule has 1 aliphatic heterocycles. The molecule has 5 heteroatoms. The largest absolute Gasteiger partial charge is 0.382 e. The Morgan fingerprint density at radius 3 is 2.65 bits per heavy atom. The third-order valence-electron chi connectivity index (χ3n) is 4.98. The first-order chi connectivity index (χ1) is 10.7. The molecule has 0 amide bonds. The molecule has 1 aromatic carbocycles. The number of hydrogen-bond donors (Lipinski definition) is 1. The SMILES string of the molecule is CC(C)S(=O)(=O)Cc1cccc(N[C@@H]2C[C@H](C)N(C)C[C@H]2C)c1. The van der Waals surface area contributed by atoms with Crippen LogP contribution in [-0.4, -0.2) is 44.2 Å². The van der Waals surface area contributed by atoms with Crippen molar-refractivity contribution in [2.75, 3.05) is 18.9 Å². The molecule has 1 aliphatic rings. The lowest BCUT2D eigenvalue weighted by Crippen LogP contribution is -2.48. The maximum Gasteiger partial charge on any atom is 0.156 e. The van der Waals surface area contributed by atoms with Gasteiger partial charge in [-0.15, -0.1) is 0 Å². The zero-order chi connectivity index (χ0) is 17.2. The lowest BCUT2D eigenvalue weighted by atomic mass is 9.89. The monoisotopic (exact) mass is 338 g/mol. The van der Waals surface area contributed by atoms with Crippen LogP contribution in [0.25, 0.3) is 0 Å². The minimum Gasteiger partial charge on any atom is -0.382 e. The number of nitrogens with one attached hydrogen (secondary N) is 1. The van der Waals surface area contributed by atoms with Crippen molar-refractivity contribution in [3.63, 3.8) is 0 Å². The third-order valence-corrected chi connectivity index (χ3v) is 7.15. The van der Waals surface area contributed by atoms with Crippen LogP contribution in [0.3, 0.4) is 0 Å². The summed E-state index contributed by atoms with van der Waals surface area (Å²) in [5.74, 6) is 0.679. The van der Waals surface area contributed by atoms with Gasteiger partial charge in [0.25, 0.3) is 0 Å². The summed E-state index contributed by atoms with van der Waals surface area (Å²) in [6, 6.07) is 8.84. The number of likely N-dealkylation sites (tertiary alicyclic amines) is 1. The number of sulfone groups is 1. The van der Waals surface area contributed by atoms with Gasteiger partial charge < -0.3 is 10.2 Å². The van der Waals surface area contributed by atoms with Crippen molar-refractivity contribution in [3.8, 4) is 0 Å². The molecule has 23 heavy (non-hydrogen) atoms. The fraction of sp³-hybridized carbons (Fsp3) is 0.667. The van der Waals surface area contributed by atoms with Gasteiger partial charge in [0, 0.05) is 24.3 Å². The molecule has 1 fully saturated rings. The molecule has 1 heterocycles. The van der Waals surface area contributed by atoms with Crippen molar-refractivity contribution in [1.82, 2.24) is 4.90 Å². The zero-order valence-electron chi connectivity index (χ0n) is 14.9. The molecule has 4 nitrogen and oxygen atoms in total. The standard InChI is InChI=1S/C18H30N2O2S/c1-13(2)23(21,22)12-16-7-6-8-17(10-16)19-18-9-15(4)20(5)11-14(18)3/h6-8,10,13-15,18-19H,9,11-12H2,1-5H3/t14-,15+,18-/m1/s1. The predicted molar refractivity (Wildman–Crippen MR) is 97.5 cm³/mol. The second-order valence-corrected chi connectivity index (χ2v) is 9.87. The highest BCUT2D eigenvalue weighted by atomic mass is 32.2. The second kappa shape index (κ2) is 7.22. The molecule has 0 saturated carbocycles. The molecule has 3 atom stereocenters. The smallest absolute Gasteiger partial charge is 0.156 e. The number of rotatable bonds is 5. The molecule has 0 unspecified atom stereocenters. The molecule has 2 rings (SSSR count). The van der Waals surface area contributed by atoms with E-state index in [1.54, 1.807) is 13.8 Å². The first-order valence-electron chi connectivity index (χ1n) is 8.46. The highest BCUT2D eigenvalue weighted by Gasteiger charge is 2.28. The Bertz CT molecular complexity index is 628. The second-order valence-electron chi connectivity index (χ2n) is 7.31. The minimum absolute atomic E-state index is 0.111. The molecule has 1 N–H and O–H groups in total. The predicted octanol–water partition coefficient (Wildman–Crippen LogP) is 3.15. The molecular formula is C18H30N2O2S. The average Bonchev–Trinajstić information content (AvgIpc) is 2.44. The van der Waals surface area contributed by atoms with E-state index in [1.807, 2.05) is 24.3 Å². The van der Waals surface area contributed by atoms with Crippen LogP contribution >= 0.6 is 0 Å². The Balaban J connectivity index is 2.08. The van der Waals surface area contributed by atoms with Crippen molar-refractivity contribution in [2.45, 2.75) is 57.2 Å². The van der Waals surface area contributed by atoms with Crippen LogP contribution < -0.4 is 5.32 Å². The average molecular weight is 339 g/mol. The van der Waals surface area contributed by atoms with E-state index in [1.165, 1.54) is 0 Å². The first kappa shape index (κ1) is 18.3. The highest BCUT2D eigenvalue weighted by Crippen LogP contribution is 2.25. The zero-order valence-corrected chi connectivity index (χ0v) is 15.7. The van der Waals surface area contributed by atoms with Crippen molar-refractivity contribution < 1.29 is 8.42 Å². The van der Waals surface area contributed by atoms with Gasteiger partial charge in [-0.25, -0.2) is 8.42 Å². The summed E-state index contributed by atoms with van der Waals surface area (Å²) in [4.78, 5) is 2.40. The summed E-state index contributed by atoms with van der Waals surface area (Å²) in [5, 5.41) is 3.28. The Morgan fingerprint density at radius 2 is 2.00 bits per heavy atom. The summed E-state index contributed by atoms with van der Waals surface area (Å²) in [6.45, 7) is 9.08. The molecule has 0 bridgehead atoms. The molecule has 1 aromatic rings. The normalized spacial score (nSPS) is 26.4. The maximum atomic E-state index is 12.1. The van der Waals surface area contributed by atoms with Crippen molar-refractivity contribution >= 4 is 15.5 Å². The third kappa shape index (κ3) is 4.70. The van der Waals surface area contributed by atoms with Gasteiger partial charge in [-0.3, -0.25) is 0 Å². The van der Waals surface area contributed by atoms with Gasteiger partial charge in [-0.05, 0) is 57.9 Å². The van der Waals surface area contributed by atoms with Crippen LogP contribution in [0.2, 0.25) is 0 Å². The van der Waals surface area contributed by atoms with Crippen LogP contribution in [0.5, 0.6) is 0 Å². The highest BCUT2D eigenvalue weighted by molar-refractivity contribution is 7.91. The Kier molecular flexibility index (Phi) is 5.74. The van der Waals surface area contributed by atoms with E-state index >= 15 is 0 Å². The summed E-state index contributed by atoms with van der Waals surface area (Å²) in [5.41, 5.74) is 1.88. The summed E-state index contributed by atoms with van der Waals surface area (Å²) in [6.07, 6.45) is 1.10. The maximum absolute atomic E-state index is 12.1. The Labute approximate surface area is 141 Å². The van der Waals surface area contributed by atoms with Crippen molar-refractivity contribution in [2.24, 2.45) is 5.92 Å². The van der Waals surface area contributed by atoms with Crippen LogP contribution in [0.15, 0.2) is 24.3 Å². The van der Waals surface area contributed by atoms with Gasteiger partial charge >= 0.3 is 0 Å². The minimum atomic E-state index is -3.06. The van der Waals surface area contributed by atoms with Crippen LogP contribution in [0, 0.1) is 5.92 Å². The van der Waals surface area contributed by atoms with Gasteiger partial charge in [-0.1, -0.05) is 19.1 Å². The van der Waals surface area contributed by atoms with Gasteiger partial charge in [0.15, 0.2) is 9.84 Å². The summed E-state index contributed by atoms with van der Waals surface area (Å²) >= 11 is 0. The van der Waals surface area contributed by atoms with E-state index in [9.17, 15) is 8.42 Å². The quantitative estimate of drug-likeness (QED) is 0.896. The number of benzene rings is 1. The number of nitrogens with zero attached hydrogens (tertiary/aromatic N) is 1. The van der Waals surface area contributed by atoms with E-state index in [2.05, 4.69) is 31.1 Å². The summed E-state index contributed by atoms with van der Waals surface area (Å²) in [7, 11) is -0.887. The van der Waals surface area contributed by atoms with E-state index in [-0.39, 0.29) is 11.0 Å². The molecule has 130 valence electrons. The van der Waals surface area contributed by atoms with Gasteiger partial charge in [-0.2, -0.15) is 0 Å². The van der Waals surface area contributed by atoms with E-state index in [0.717, 1.165) is 24.2 Å². The lowest BCUT2D eigenvalue weighted by Gasteiger charge is -2.40. The van der Waals surface area contributed by atoms with Crippen LogP contribution in [0.4, 0.5) is 5.69 Å². The molecule has 0 radical (unpaired) electrons. The number of piperidine rings is 1. The number of anilines is 1. The van der Waals surface area contributed by atoms with Crippen LogP contribution in [0.1, 0.15) is 39.7 Å². The van der Waals surface area contributed by atoms with E-state index in [4.69, 9.17) is 0 Å². The van der Waals surface area contributed by atoms with Gasteiger partial charge in [0.05, 0.1) is 11.0 Å². The van der Waals surface area contributed by atoms with Crippen LogP contribution in [-0.2, 0) is 15.6 Å². The van der Waals surface area contributed by atoms with E-state index in [0.29, 0.717) is 18.0 Å². The molecule has 0 aliphatic carbocycles. The van der Waals surface area contributed by atoms with Crippen molar-refractivity contribution in [1.29, 1.82) is 0 Å². The van der Waals surface area contributed by atoms with Gasteiger partial charge in [0.2, 0.25) is 0 Å².